The number of aromatic nitrogens is 1. The minimum Gasteiger partial charge on any atom is -0.466 e. The van der Waals surface area contributed by atoms with E-state index in [1.165, 1.54) is 0 Å². The summed E-state index contributed by atoms with van der Waals surface area (Å²) in [6.07, 6.45) is -3.25. The van der Waals surface area contributed by atoms with Crippen molar-refractivity contribution in [3.8, 4) is 0 Å². The van der Waals surface area contributed by atoms with Crippen LogP contribution in [-0.4, -0.2) is 17.6 Å². The average molecular weight is 262 g/mol. The van der Waals surface area contributed by atoms with E-state index in [0.29, 0.717) is 0 Å². The molecule has 0 amide bonds. The number of carbonyl (C=O) groups is 1. The van der Waals surface area contributed by atoms with Crippen LogP contribution in [0.4, 0.5) is 13.2 Å². The molecule has 18 heavy (non-hydrogen) atoms. The molecule has 1 rings (SSSR count). The number of halogens is 3. The van der Waals surface area contributed by atoms with Crippen molar-refractivity contribution in [3.05, 3.63) is 28.8 Å². The largest absolute Gasteiger partial charge is 0.466 e. The highest BCUT2D eigenvalue weighted by atomic mass is 19.3. The van der Waals surface area contributed by atoms with E-state index in [4.69, 9.17) is 5.73 Å². The Balaban J connectivity index is 3.13. The van der Waals surface area contributed by atoms with Crippen molar-refractivity contribution in [3.63, 3.8) is 0 Å². The summed E-state index contributed by atoms with van der Waals surface area (Å²) in [4.78, 5) is 14.4. The van der Waals surface area contributed by atoms with E-state index in [2.05, 4.69) is 9.72 Å². The second-order valence-corrected chi connectivity index (χ2v) is 3.45. The number of ether oxygens (including phenoxy) is 1. The molecule has 0 fully saturated rings. The summed E-state index contributed by atoms with van der Waals surface area (Å²) in [6.45, 7) is 1.52. The Morgan fingerprint density at radius 3 is 2.72 bits per heavy atom. The summed E-state index contributed by atoms with van der Waals surface area (Å²) >= 11 is 0. The molecule has 1 heterocycles. The number of alkyl halides is 2. The molecule has 4 nitrogen and oxygen atoms in total. The third kappa shape index (κ3) is 3.43. The van der Waals surface area contributed by atoms with Crippen LogP contribution in [0.1, 0.15) is 30.2 Å². The molecule has 0 aliphatic heterocycles. The van der Waals surface area contributed by atoms with Crippen LogP contribution in [0.15, 0.2) is 6.07 Å². The maximum atomic E-state index is 13.1. The highest BCUT2D eigenvalue weighted by Gasteiger charge is 2.20. The third-order valence-electron chi connectivity index (χ3n) is 2.27. The fraction of sp³-hybridized carbons (Fsp3) is 0.455. The van der Waals surface area contributed by atoms with Crippen molar-refractivity contribution in [1.82, 2.24) is 4.98 Å². The van der Waals surface area contributed by atoms with Gasteiger partial charge in [0.2, 0.25) is 5.95 Å². The van der Waals surface area contributed by atoms with Crippen LogP contribution >= 0.6 is 0 Å². The minimum absolute atomic E-state index is 0.0144. The van der Waals surface area contributed by atoms with Crippen LogP contribution in [0.2, 0.25) is 0 Å². The number of hydrogen-bond acceptors (Lipinski definition) is 4. The molecule has 2 N–H and O–H groups in total. The lowest BCUT2D eigenvalue weighted by molar-refractivity contribution is -0.142. The summed E-state index contributed by atoms with van der Waals surface area (Å²) in [7, 11) is 0. The first-order valence-electron chi connectivity index (χ1n) is 5.31. The van der Waals surface area contributed by atoms with Gasteiger partial charge in [-0.1, -0.05) is 0 Å². The van der Waals surface area contributed by atoms with Gasteiger partial charge in [-0.3, -0.25) is 4.79 Å². The molecule has 1 aromatic heterocycles. The van der Waals surface area contributed by atoms with Crippen molar-refractivity contribution < 1.29 is 22.7 Å². The fourth-order valence-corrected chi connectivity index (χ4v) is 1.55. The Labute approximate surface area is 102 Å². The topological polar surface area (TPSA) is 65.2 Å². The molecule has 0 bridgehead atoms. The molecule has 0 atom stereocenters. The molecule has 0 unspecified atom stereocenters. The van der Waals surface area contributed by atoms with E-state index >= 15 is 0 Å². The van der Waals surface area contributed by atoms with Crippen LogP contribution in [-0.2, 0) is 22.5 Å². The first-order valence-corrected chi connectivity index (χ1v) is 5.31. The van der Waals surface area contributed by atoms with E-state index < -0.39 is 24.0 Å². The highest BCUT2D eigenvalue weighted by Crippen LogP contribution is 2.24. The lowest BCUT2D eigenvalue weighted by Gasteiger charge is -2.12. The predicted molar refractivity (Wildman–Crippen MR) is 57.4 cm³/mol. The number of rotatable bonds is 5. The number of nitrogens with zero attached hydrogens (tertiary/aromatic N) is 1. The van der Waals surface area contributed by atoms with Crippen molar-refractivity contribution in [2.75, 3.05) is 6.61 Å². The summed E-state index contributed by atoms with van der Waals surface area (Å²) < 4.78 is 43.1. The molecule has 0 saturated carbocycles. The Kier molecular flexibility index (Phi) is 5.08. The zero-order chi connectivity index (χ0) is 13.7. The van der Waals surface area contributed by atoms with E-state index in [0.717, 1.165) is 6.07 Å². The normalized spacial score (nSPS) is 10.8. The lowest BCUT2D eigenvalue weighted by Crippen LogP contribution is -2.15. The van der Waals surface area contributed by atoms with E-state index in [-0.39, 0.29) is 30.7 Å². The number of esters is 1. The van der Waals surface area contributed by atoms with Gasteiger partial charge in [-0.2, -0.15) is 4.39 Å². The second-order valence-electron chi connectivity index (χ2n) is 3.45. The van der Waals surface area contributed by atoms with Crippen LogP contribution in [0.3, 0.4) is 0 Å². The molecule has 0 aliphatic rings. The van der Waals surface area contributed by atoms with Crippen molar-refractivity contribution in [2.45, 2.75) is 26.3 Å². The number of carbonyl (C=O) groups excluding carboxylic acids is 1. The van der Waals surface area contributed by atoms with Gasteiger partial charge in [0.05, 0.1) is 13.0 Å². The SMILES string of the molecule is CCOC(=O)Cc1cc(F)nc(C(F)F)c1CN. The third-order valence-corrected chi connectivity index (χ3v) is 2.27. The molecule has 0 aliphatic carbocycles. The molecule has 7 heteroatoms. The van der Waals surface area contributed by atoms with Crippen molar-refractivity contribution in [1.29, 1.82) is 0 Å². The monoisotopic (exact) mass is 262 g/mol. The minimum atomic E-state index is -2.94. The Morgan fingerprint density at radius 1 is 1.56 bits per heavy atom. The van der Waals surface area contributed by atoms with Crippen molar-refractivity contribution >= 4 is 5.97 Å². The van der Waals surface area contributed by atoms with Gasteiger partial charge in [0, 0.05) is 6.54 Å². The van der Waals surface area contributed by atoms with Crippen molar-refractivity contribution in [2.24, 2.45) is 5.73 Å². The number of hydrogen-bond donors (Lipinski definition) is 1. The zero-order valence-electron chi connectivity index (χ0n) is 9.75. The van der Waals surface area contributed by atoms with Crippen LogP contribution in [0, 0.1) is 5.95 Å². The van der Waals surface area contributed by atoms with E-state index in [1.54, 1.807) is 6.92 Å². The van der Waals surface area contributed by atoms with Gasteiger partial charge in [-0.05, 0) is 24.1 Å². The van der Waals surface area contributed by atoms with Gasteiger partial charge >= 0.3 is 5.97 Å². The molecule has 0 saturated heterocycles. The fourth-order valence-electron chi connectivity index (χ4n) is 1.55. The zero-order valence-corrected chi connectivity index (χ0v) is 9.75. The lowest BCUT2D eigenvalue weighted by atomic mass is 10.0. The second kappa shape index (κ2) is 6.34. The Hall–Kier alpha value is -1.63. The van der Waals surface area contributed by atoms with E-state index in [9.17, 15) is 18.0 Å². The first-order chi connectivity index (χ1) is 8.49. The predicted octanol–water partition coefficient (Wildman–Crippen LogP) is 1.72. The molecule has 1 aromatic rings. The van der Waals surface area contributed by atoms with Gasteiger partial charge < -0.3 is 10.5 Å². The van der Waals surface area contributed by atoms with Crippen LogP contribution < -0.4 is 5.73 Å². The van der Waals surface area contributed by atoms with Gasteiger partial charge in [0.1, 0.15) is 5.69 Å². The van der Waals surface area contributed by atoms with Gasteiger partial charge in [0.25, 0.3) is 6.43 Å². The maximum absolute atomic E-state index is 13.1. The average Bonchev–Trinajstić information content (AvgIpc) is 2.28. The van der Waals surface area contributed by atoms with Gasteiger partial charge in [0.15, 0.2) is 0 Å². The molecular formula is C11H13F3N2O2. The molecule has 100 valence electrons. The molecular weight excluding hydrogens is 249 g/mol. The highest BCUT2D eigenvalue weighted by molar-refractivity contribution is 5.73. The standard InChI is InChI=1S/C11H13F3N2O2/c1-2-18-9(17)4-6-3-8(12)16-10(11(13)14)7(6)5-15/h3,11H,2,4-5,15H2,1H3. The summed E-state index contributed by atoms with van der Waals surface area (Å²) in [6, 6.07) is 0.922. The molecule has 0 radical (unpaired) electrons. The summed E-state index contributed by atoms with van der Waals surface area (Å²) in [5, 5.41) is 0. The van der Waals surface area contributed by atoms with E-state index in [1.807, 2.05) is 0 Å². The van der Waals surface area contributed by atoms with Crippen LogP contribution in [0.25, 0.3) is 0 Å². The molecule has 0 spiro atoms. The molecule has 0 aromatic carbocycles. The number of nitrogens with two attached hydrogens (primary N) is 1. The maximum Gasteiger partial charge on any atom is 0.310 e. The summed E-state index contributed by atoms with van der Waals surface area (Å²) in [5.41, 5.74) is 4.68. The first kappa shape index (κ1) is 14.4. The van der Waals surface area contributed by atoms with Gasteiger partial charge in [-0.25, -0.2) is 13.8 Å². The quantitative estimate of drug-likeness (QED) is 0.648. The Morgan fingerprint density at radius 2 is 2.22 bits per heavy atom. The smallest absolute Gasteiger partial charge is 0.310 e. The van der Waals surface area contributed by atoms with Crippen LogP contribution in [0.5, 0.6) is 0 Å². The summed E-state index contributed by atoms with van der Waals surface area (Å²) in [5.74, 6) is -1.69. The van der Waals surface area contributed by atoms with Gasteiger partial charge in [-0.15, -0.1) is 0 Å². The number of pyridine rings is 1. The Bertz CT molecular complexity index is 439.